The quantitative estimate of drug-likeness (QED) is 0.896. The van der Waals surface area contributed by atoms with Gasteiger partial charge in [0.05, 0.1) is 6.07 Å². The van der Waals surface area contributed by atoms with Gasteiger partial charge in [-0.05, 0) is 24.1 Å². The van der Waals surface area contributed by atoms with Gasteiger partial charge in [-0.15, -0.1) is 0 Å². The molecule has 0 spiro atoms. The highest BCUT2D eigenvalue weighted by molar-refractivity contribution is 5.93. The molecule has 1 heterocycles. The minimum atomic E-state index is -2.99. The average Bonchev–Trinajstić information content (AvgIpc) is 2.35. The van der Waals surface area contributed by atoms with E-state index >= 15 is 0 Å². The normalized spacial score (nSPS) is 14.6. The molecule has 0 unspecified atom stereocenters. The number of fused-ring (bicyclic) bond motifs is 1. The summed E-state index contributed by atoms with van der Waals surface area (Å²) in [6.45, 7) is 0. The second-order valence-corrected chi connectivity index (χ2v) is 4.28. The summed E-state index contributed by atoms with van der Waals surface area (Å²) in [7, 11) is 0. The zero-order chi connectivity index (χ0) is 13.2. The van der Waals surface area contributed by atoms with E-state index in [-0.39, 0.29) is 17.9 Å². The number of anilines is 1. The van der Waals surface area contributed by atoms with E-state index in [1.807, 2.05) is 0 Å². The molecule has 0 saturated heterocycles. The molecular formula is C13H12F2N2O. The predicted octanol–water partition coefficient (Wildman–Crippen LogP) is 2.97. The number of carbonyl (C=O) groups is 1. The lowest BCUT2D eigenvalue weighted by Crippen LogP contribution is -2.20. The van der Waals surface area contributed by atoms with E-state index in [4.69, 9.17) is 5.26 Å². The van der Waals surface area contributed by atoms with Gasteiger partial charge >= 0.3 is 0 Å². The van der Waals surface area contributed by atoms with Crippen molar-refractivity contribution < 1.29 is 13.6 Å². The van der Waals surface area contributed by atoms with Crippen LogP contribution in [0.4, 0.5) is 14.5 Å². The fraction of sp³-hybridized carbons (Fsp3) is 0.385. The summed E-state index contributed by atoms with van der Waals surface area (Å²) in [5.41, 5.74) is 1.24. The summed E-state index contributed by atoms with van der Waals surface area (Å²) in [5, 5.41) is 11.0. The number of nitriles is 1. The molecule has 5 heteroatoms. The Bertz CT molecular complexity index is 520. The summed E-state index contributed by atoms with van der Waals surface area (Å²) >= 11 is 0. The topological polar surface area (TPSA) is 52.9 Å². The van der Waals surface area contributed by atoms with Gasteiger partial charge in [0.15, 0.2) is 0 Å². The van der Waals surface area contributed by atoms with Gasteiger partial charge < -0.3 is 5.32 Å². The van der Waals surface area contributed by atoms with E-state index < -0.39 is 12.3 Å². The predicted molar refractivity (Wildman–Crippen MR) is 62.1 cm³/mol. The zero-order valence-electron chi connectivity index (χ0n) is 9.67. The van der Waals surface area contributed by atoms with E-state index in [0.717, 1.165) is 5.56 Å². The number of benzene rings is 1. The van der Waals surface area contributed by atoms with Gasteiger partial charge in [-0.25, -0.2) is 8.78 Å². The van der Waals surface area contributed by atoms with Crippen LogP contribution in [-0.4, -0.2) is 5.91 Å². The molecule has 1 aliphatic heterocycles. The Morgan fingerprint density at radius 1 is 1.39 bits per heavy atom. The van der Waals surface area contributed by atoms with Gasteiger partial charge in [0.1, 0.15) is 0 Å². The first-order valence-corrected chi connectivity index (χ1v) is 5.71. The van der Waals surface area contributed by atoms with Crippen LogP contribution in [0.5, 0.6) is 0 Å². The Hall–Kier alpha value is -1.96. The highest BCUT2D eigenvalue weighted by Crippen LogP contribution is 2.35. The summed E-state index contributed by atoms with van der Waals surface area (Å²) < 4.78 is 27.5. The monoisotopic (exact) mass is 250 g/mol. The maximum atomic E-state index is 13.8. The smallest absolute Gasteiger partial charge is 0.274 e. The maximum Gasteiger partial charge on any atom is 0.274 e. The van der Waals surface area contributed by atoms with Gasteiger partial charge in [-0.1, -0.05) is 6.07 Å². The average molecular weight is 250 g/mol. The van der Waals surface area contributed by atoms with E-state index in [1.165, 1.54) is 18.2 Å². The molecule has 3 nitrogen and oxygen atoms in total. The summed E-state index contributed by atoms with van der Waals surface area (Å²) in [5.74, 6) is -3.09. The molecule has 0 aliphatic carbocycles. The maximum absolute atomic E-state index is 13.8. The lowest BCUT2D eigenvalue weighted by molar-refractivity contribution is -0.116. The van der Waals surface area contributed by atoms with Crippen molar-refractivity contribution in [1.29, 1.82) is 5.26 Å². The van der Waals surface area contributed by atoms with Crippen LogP contribution >= 0.6 is 0 Å². The van der Waals surface area contributed by atoms with Crippen LogP contribution in [0.15, 0.2) is 18.2 Å². The van der Waals surface area contributed by atoms with Crippen LogP contribution in [0.2, 0.25) is 0 Å². The van der Waals surface area contributed by atoms with Gasteiger partial charge in [0.2, 0.25) is 5.91 Å². The van der Waals surface area contributed by atoms with Gasteiger partial charge in [0, 0.05) is 30.5 Å². The number of alkyl halides is 2. The van der Waals surface area contributed by atoms with Crippen molar-refractivity contribution in [2.75, 3.05) is 5.32 Å². The van der Waals surface area contributed by atoms with Crippen LogP contribution in [0.3, 0.4) is 0 Å². The van der Waals surface area contributed by atoms with Crippen LogP contribution in [0, 0.1) is 11.3 Å². The third-order valence-corrected chi connectivity index (χ3v) is 2.97. The summed E-state index contributed by atoms with van der Waals surface area (Å²) in [6.07, 6.45) is 0.138. The number of hydrogen-bond acceptors (Lipinski definition) is 2. The molecular weight excluding hydrogens is 238 g/mol. The Kier molecular flexibility index (Phi) is 3.28. The molecule has 1 N–H and O–H groups in total. The Morgan fingerprint density at radius 2 is 2.17 bits per heavy atom. The first kappa shape index (κ1) is 12.5. The molecule has 1 amide bonds. The number of halogens is 2. The standard InChI is InChI=1S/C13H12F2N2O/c14-13(15,6-1-7-16)10-3-4-11-9(8-10)2-5-12(18)17-11/h3-4,8H,1-2,5-6H2,(H,17,18). The van der Waals surface area contributed by atoms with E-state index in [9.17, 15) is 13.6 Å². The van der Waals surface area contributed by atoms with Gasteiger partial charge in [-0.3, -0.25) is 4.79 Å². The van der Waals surface area contributed by atoms with Crippen LogP contribution < -0.4 is 5.32 Å². The fourth-order valence-corrected chi connectivity index (χ4v) is 1.97. The van der Waals surface area contributed by atoms with Crippen molar-refractivity contribution in [2.45, 2.75) is 31.6 Å². The summed E-state index contributed by atoms with van der Waals surface area (Å²) in [4.78, 5) is 11.2. The van der Waals surface area contributed by atoms with E-state index in [1.54, 1.807) is 6.07 Å². The highest BCUT2D eigenvalue weighted by atomic mass is 19.3. The number of nitrogens with zero attached hydrogens (tertiary/aromatic N) is 1. The van der Waals surface area contributed by atoms with Crippen molar-refractivity contribution in [3.8, 4) is 6.07 Å². The molecule has 0 aromatic heterocycles. The second kappa shape index (κ2) is 4.73. The molecule has 0 fully saturated rings. The SMILES string of the molecule is N#CCCC(F)(F)c1ccc2c(c1)CCC(=O)N2. The Morgan fingerprint density at radius 3 is 2.89 bits per heavy atom. The van der Waals surface area contributed by atoms with Crippen molar-refractivity contribution in [2.24, 2.45) is 0 Å². The molecule has 1 aromatic rings. The minimum absolute atomic E-state index is 0.0901. The van der Waals surface area contributed by atoms with Gasteiger partial charge in [0.25, 0.3) is 5.92 Å². The lowest BCUT2D eigenvalue weighted by Gasteiger charge is -2.21. The van der Waals surface area contributed by atoms with E-state index in [2.05, 4.69) is 5.32 Å². The zero-order valence-corrected chi connectivity index (χ0v) is 9.67. The molecule has 0 bridgehead atoms. The lowest BCUT2D eigenvalue weighted by atomic mass is 9.96. The number of amides is 1. The first-order chi connectivity index (χ1) is 8.53. The molecule has 1 aromatic carbocycles. The Balaban J connectivity index is 2.26. The highest BCUT2D eigenvalue weighted by Gasteiger charge is 2.32. The number of rotatable bonds is 3. The molecule has 0 saturated carbocycles. The van der Waals surface area contributed by atoms with Crippen molar-refractivity contribution >= 4 is 11.6 Å². The van der Waals surface area contributed by atoms with Crippen molar-refractivity contribution in [1.82, 2.24) is 0 Å². The Labute approximate surface area is 103 Å². The number of hydrogen-bond donors (Lipinski definition) is 1. The largest absolute Gasteiger partial charge is 0.326 e. The number of carbonyl (C=O) groups excluding carboxylic acids is 1. The third kappa shape index (κ3) is 2.48. The number of nitrogens with one attached hydrogen (secondary N) is 1. The number of aryl methyl sites for hydroxylation is 1. The van der Waals surface area contributed by atoms with E-state index in [0.29, 0.717) is 18.5 Å². The van der Waals surface area contributed by atoms with Crippen molar-refractivity contribution in [3.63, 3.8) is 0 Å². The van der Waals surface area contributed by atoms with Crippen LogP contribution in [0.25, 0.3) is 0 Å². The van der Waals surface area contributed by atoms with Gasteiger partial charge in [-0.2, -0.15) is 5.26 Å². The van der Waals surface area contributed by atoms with Crippen molar-refractivity contribution in [3.05, 3.63) is 29.3 Å². The fourth-order valence-electron chi connectivity index (χ4n) is 1.97. The summed E-state index contributed by atoms with van der Waals surface area (Å²) in [6, 6.07) is 5.96. The van der Waals surface area contributed by atoms with Crippen LogP contribution in [-0.2, 0) is 17.1 Å². The van der Waals surface area contributed by atoms with Crippen LogP contribution in [0.1, 0.15) is 30.4 Å². The molecule has 0 atom stereocenters. The third-order valence-electron chi connectivity index (χ3n) is 2.97. The molecule has 2 rings (SSSR count). The first-order valence-electron chi connectivity index (χ1n) is 5.71. The molecule has 1 aliphatic rings. The minimum Gasteiger partial charge on any atom is -0.326 e. The molecule has 0 radical (unpaired) electrons. The molecule has 94 valence electrons. The molecule has 18 heavy (non-hydrogen) atoms. The second-order valence-electron chi connectivity index (χ2n) is 4.28.